The Balaban J connectivity index is 2.47. The van der Waals surface area contributed by atoms with Gasteiger partial charge in [-0.3, -0.25) is 4.98 Å². The van der Waals surface area contributed by atoms with E-state index in [-0.39, 0.29) is 0 Å². The summed E-state index contributed by atoms with van der Waals surface area (Å²) >= 11 is 0. The Bertz CT molecular complexity index is 398. The van der Waals surface area contributed by atoms with E-state index < -0.39 is 0 Å². The van der Waals surface area contributed by atoms with Gasteiger partial charge in [0, 0.05) is 29.3 Å². The topological polar surface area (TPSA) is 28.7 Å². The van der Waals surface area contributed by atoms with Gasteiger partial charge in [0.15, 0.2) is 0 Å². The molecule has 0 spiro atoms. The first kappa shape index (κ1) is 8.05. The number of rotatable bonds is 1. The first-order valence-corrected chi connectivity index (χ1v) is 4.34. The summed E-state index contributed by atoms with van der Waals surface area (Å²) in [4.78, 5) is 7.46. The van der Waals surface area contributed by atoms with Crippen molar-refractivity contribution in [3.63, 3.8) is 0 Å². The molecule has 0 saturated carbocycles. The number of pyridine rings is 1. The number of nitrogens with zero attached hydrogens (tertiary/aromatic N) is 1. The highest BCUT2D eigenvalue weighted by atomic mass is 14.7. The minimum absolute atomic E-state index is 1.05. The minimum atomic E-state index is 1.05. The monoisotopic (exact) mass is 172 g/mol. The normalized spacial score (nSPS) is 10.3. The Morgan fingerprint density at radius 2 is 2.00 bits per heavy atom. The van der Waals surface area contributed by atoms with Gasteiger partial charge < -0.3 is 4.98 Å². The lowest BCUT2D eigenvalue weighted by Crippen LogP contribution is -1.84. The van der Waals surface area contributed by atoms with Gasteiger partial charge in [0.2, 0.25) is 0 Å². The van der Waals surface area contributed by atoms with E-state index in [2.05, 4.69) is 29.0 Å². The van der Waals surface area contributed by atoms with Gasteiger partial charge in [-0.2, -0.15) is 0 Å². The Morgan fingerprint density at radius 1 is 1.15 bits per heavy atom. The molecule has 0 amide bonds. The van der Waals surface area contributed by atoms with Crippen LogP contribution in [0.2, 0.25) is 0 Å². The second-order valence-corrected chi connectivity index (χ2v) is 3.22. The van der Waals surface area contributed by atoms with Gasteiger partial charge in [-0.1, -0.05) is 0 Å². The summed E-state index contributed by atoms with van der Waals surface area (Å²) in [5.41, 5.74) is 4.61. The van der Waals surface area contributed by atoms with Gasteiger partial charge in [0.05, 0.1) is 0 Å². The van der Waals surface area contributed by atoms with Gasteiger partial charge in [-0.25, -0.2) is 0 Å². The van der Waals surface area contributed by atoms with Crippen molar-refractivity contribution in [3.8, 4) is 11.3 Å². The molecule has 0 aliphatic heterocycles. The van der Waals surface area contributed by atoms with E-state index in [1.807, 2.05) is 25.4 Å². The molecule has 2 heteroatoms. The maximum Gasteiger partial charge on any atom is 0.0499 e. The third-order valence-electron chi connectivity index (χ3n) is 2.16. The summed E-state index contributed by atoms with van der Waals surface area (Å²) in [7, 11) is 0. The van der Waals surface area contributed by atoms with Crippen LogP contribution in [-0.4, -0.2) is 9.97 Å². The van der Waals surface area contributed by atoms with Crippen molar-refractivity contribution in [2.24, 2.45) is 0 Å². The predicted molar refractivity (Wildman–Crippen MR) is 53.5 cm³/mol. The zero-order chi connectivity index (χ0) is 9.26. The molecule has 2 aromatic rings. The van der Waals surface area contributed by atoms with Gasteiger partial charge in [-0.15, -0.1) is 0 Å². The zero-order valence-corrected chi connectivity index (χ0v) is 7.83. The first-order valence-electron chi connectivity index (χ1n) is 4.34. The van der Waals surface area contributed by atoms with E-state index in [0.717, 1.165) is 17.0 Å². The van der Waals surface area contributed by atoms with Crippen molar-refractivity contribution in [1.82, 2.24) is 9.97 Å². The molecular weight excluding hydrogens is 160 g/mol. The van der Waals surface area contributed by atoms with E-state index in [1.54, 1.807) is 0 Å². The maximum absolute atomic E-state index is 4.26. The van der Waals surface area contributed by atoms with Crippen molar-refractivity contribution in [1.29, 1.82) is 0 Å². The van der Waals surface area contributed by atoms with Crippen LogP contribution < -0.4 is 0 Å². The van der Waals surface area contributed by atoms with Crippen molar-refractivity contribution in [2.75, 3.05) is 0 Å². The highest BCUT2D eigenvalue weighted by Crippen LogP contribution is 2.19. The summed E-state index contributed by atoms with van der Waals surface area (Å²) in [5, 5.41) is 0. The molecule has 2 heterocycles. The molecule has 0 aromatic carbocycles. The second-order valence-electron chi connectivity index (χ2n) is 3.22. The molecule has 1 N–H and O–H groups in total. The lowest BCUT2D eigenvalue weighted by atomic mass is 10.1. The third-order valence-corrected chi connectivity index (χ3v) is 2.16. The summed E-state index contributed by atoms with van der Waals surface area (Å²) in [5.74, 6) is 0. The Kier molecular flexibility index (Phi) is 1.89. The van der Waals surface area contributed by atoms with E-state index >= 15 is 0 Å². The quantitative estimate of drug-likeness (QED) is 0.704. The molecule has 0 unspecified atom stereocenters. The molecule has 2 aromatic heterocycles. The predicted octanol–water partition coefficient (Wildman–Crippen LogP) is 2.69. The maximum atomic E-state index is 4.26. The second kappa shape index (κ2) is 3.05. The van der Waals surface area contributed by atoms with E-state index in [4.69, 9.17) is 0 Å². The number of hydrogen-bond donors (Lipinski definition) is 1. The molecule has 0 aliphatic carbocycles. The van der Waals surface area contributed by atoms with Crippen molar-refractivity contribution >= 4 is 0 Å². The largest absolute Gasteiger partial charge is 0.361 e. The molecule has 2 nitrogen and oxygen atoms in total. The summed E-state index contributed by atoms with van der Waals surface area (Å²) in [6.07, 6.45) is 3.85. The fourth-order valence-corrected chi connectivity index (χ4v) is 1.37. The smallest absolute Gasteiger partial charge is 0.0499 e. The molecule has 2 rings (SSSR count). The third kappa shape index (κ3) is 1.47. The number of aromatic amines is 1. The van der Waals surface area contributed by atoms with Crippen LogP contribution in [0.4, 0.5) is 0 Å². The average Bonchev–Trinajstić information content (AvgIpc) is 2.53. The van der Waals surface area contributed by atoms with Crippen molar-refractivity contribution in [3.05, 3.63) is 41.9 Å². The van der Waals surface area contributed by atoms with Crippen LogP contribution in [0.1, 0.15) is 11.3 Å². The Labute approximate surface area is 77.6 Å². The first-order chi connectivity index (χ1) is 6.27. The molecular formula is C11H12N2. The number of aromatic nitrogens is 2. The van der Waals surface area contributed by atoms with E-state index in [0.29, 0.717) is 0 Å². The zero-order valence-electron chi connectivity index (χ0n) is 7.83. The van der Waals surface area contributed by atoms with Gasteiger partial charge in [0.1, 0.15) is 0 Å². The number of hydrogen-bond acceptors (Lipinski definition) is 1. The molecule has 0 saturated heterocycles. The molecule has 13 heavy (non-hydrogen) atoms. The molecule has 66 valence electrons. The van der Waals surface area contributed by atoms with Crippen LogP contribution in [0.3, 0.4) is 0 Å². The molecule has 0 radical (unpaired) electrons. The minimum Gasteiger partial charge on any atom is -0.361 e. The highest BCUT2D eigenvalue weighted by molar-refractivity contribution is 5.62. The van der Waals surface area contributed by atoms with E-state index in [1.165, 1.54) is 5.56 Å². The van der Waals surface area contributed by atoms with Gasteiger partial charge in [-0.05, 0) is 37.6 Å². The summed E-state index contributed by atoms with van der Waals surface area (Å²) in [6.45, 7) is 4.08. The standard InChI is InChI=1S/C11H12N2/c1-8-5-6-12-11(8)10-4-3-9(2)13-7-10/h3-7,12H,1-2H3. The highest BCUT2D eigenvalue weighted by Gasteiger charge is 2.01. The van der Waals surface area contributed by atoms with Crippen LogP contribution in [0.5, 0.6) is 0 Å². The molecule has 0 aliphatic rings. The Morgan fingerprint density at radius 3 is 2.54 bits per heavy atom. The SMILES string of the molecule is Cc1ccc(-c2[nH]ccc2C)cn1. The van der Waals surface area contributed by atoms with Crippen LogP contribution in [0.15, 0.2) is 30.6 Å². The number of aryl methyl sites for hydroxylation is 2. The van der Waals surface area contributed by atoms with Crippen LogP contribution in [-0.2, 0) is 0 Å². The fourth-order valence-electron chi connectivity index (χ4n) is 1.37. The van der Waals surface area contributed by atoms with Crippen LogP contribution >= 0.6 is 0 Å². The lowest BCUT2D eigenvalue weighted by Gasteiger charge is -1.99. The summed E-state index contributed by atoms with van der Waals surface area (Å²) < 4.78 is 0. The van der Waals surface area contributed by atoms with Crippen molar-refractivity contribution in [2.45, 2.75) is 13.8 Å². The van der Waals surface area contributed by atoms with Crippen LogP contribution in [0.25, 0.3) is 11.3 Å². The Hall–Kier alpha value is -1.57. The molecule has 0 fully saturated rings. The van der Waals surface area contributed by atoms with Gasteiger partial charge >= 0.3 is 0 Å². The molecule has 0 bridgehead atoms. The average molecular weight is 172 g/mol. The number of H-pyrrole nitrogens is 1. The lowest BCUT2D eigenvalue weighted by molar-refractivity contribution is 1.19. The number of nitrogens with one attached hydrogen (secondary N) is 1. The summed E-state index contributed by atoms with van der Waals surface area (Å²) in [6, 6.07) is 6.17. The fraction of sp³-hybridized carbons (Fsp3) is 0.182. The van der Waals surface area contributed by atoms with Gasteiger partial charge in [0.25, 0.3) is 0 Å². The van der Waals surface area contributed by atoms with Crippen molar-refractivity contribution < 1.29 is 0 Å². The van der Waals surface area contributed by atoms with E-state index in [9.17, 15) is 0 Å². The van der Waals surface area contributed by atoms with Crippen LogP contribution in [0, 0.1) is 13.8 Å². The molecule has 0 atom stereocenters.